The van der Waals surface area contributed by atoms with Gasteiger partial charge in [0.25, 0.3) is 0 Å². The molecule has 5 heteroatoms. The van der Waals surface area contributed by atoms with Crippen LogP contribution in [0.3, 0.4) is 0 Å². The molecule has 0 saturated heterocycles. The zero-order valence-corrected chi connectivity index (χ0v) is 11.1. The number of hydrogen-bond acceptors (Lipinski definition) is 3. The van der Waals surface area contributed by atoms with Crippen LogP contribution in [0, 0.1) is 5.82 Å². The first-order chi connectivity index (χ1) is 8.54. The van der Waals surface area contributed by atoms with Gasteiger partial charge in [0.05, 0.1) is 16.2 Å². The Morgan fingerprint density at radius 1 is 1.22 bits per heavy atom. The van der Waals surface area contributed by atoms with Crippen LogP contribution in [0.5, 0.6) is 0 Å². The van der Waals surface area contributed by atoms with E-state index in [0.717, 1.165) is 12.8 Å². The summed E-state index contributed by atoms with van der Waals surface area (Å²) in [6, 6.07) is 5.04. The van der Waals surface area contributed by atoms with Crippen LogP contribution < -0.4 is 0 Å². The summed E-state index contributed by atoms with van der Waals surface area (Å²) in [5.41, 5.74) is 0. The summed E-state index contributed by atoms with van der Waals surface area (Å²) in [5.74, 6) is -0.424. The summed E-state index contributed by atoms with van der Waals surface area (Å²) in [5, 5.41) is -0.415. The second-order valence-electron chi connectivity index (χ2n) is 4.65. The molecule has 0 N–H and O–H groups in total. The minimum atomic E-state index is -3.37. The Morgan fingerprint density at radius 2 is 1.89 bits per heavy atom. The van der Waals surface area contributed by atoms with Crippen LogP contribution in [0.2, 0.25) is 0 Å². The average Bonchev–Trinajstić information content (AvgIpc) is 2.39. The van der Waals surface area contributed by atoms with Gasteiger partial charge in [0.1, 0.15) is 5.82 Å². The molecule has 2 rings (SSSR count). The van der Waals surface area contributed by atoms with Crippen LogP contribution >= 0.6 is 0 Å². The van der Waals surface area contributed by atoms with Crippen molar-refractivity contribution in [2.24, 2.45) is 0 Å². The fourth-order valence-electron chi connectivity index (χ4n) is 2.41. The number of sulfone groups is 1. The van der Waals surface area contributed by atoms with Gasteiger partial charge in [-0.2, -0.15) is 0 Å². The predicted octanol–water partition coefficient (Wildman–Crippen LogP) is 2.56. The summed E-state index contributed by atoms with van der Waals surface area (Å²) in [7, 11) is -1.76. The average molecular weight is 272 g/mol. The topological polar surface area (TPSA) is 43.4 Å². The van der Waals surface area contributed by atoms with Crippen LogP contribution in [0.1, 0.15) is 25.7 Å². The van der Waals surface area contributed by atoms with Gasteiger partial charge in [-0.3, -0.25) is 0 Å². The molecular formula is C13H17FO3S. The van der Waals surface area contributed by atoms with Gasteiger partial charge in [-0.05, 0) is 49.9 Å². The standard InChI is InChI=1S/C13H17FO3S/c1-17-11-3-2-4-13(9-11)18(15,16)12-7-5-10(14)6-8-12/h5-8,11,13H,2-4,9H2,1H3. The first kappa shape index (κ1) is 13.5. The van der Waals surface area contributed by atoms with Crippen molar-refractivity contribution in [3.05, 3.63) is 30.1 Å². The number of benzene rings is 1. The third-order valence-electron chi connectivity index (χ3n) is 3.49. The molecule has 1 aromatic carbocycles. The number of methoxy groups -OCH3 is 1. The maximum atomic E-state index is 12.8. The second kappa shape index (κ2) is 5.36. The molecule has 0 heterocycles. The van der Waals surface area contributed by atoms with Gasteiger partial charge in [-0.25, -0.2) is 12.8 Å². The lowest BCUT2D eigenvalue weighted by Gasteiger charge is -2.27. The largest absolute Gasteiger partial charge is 0.381 e. The molecule has 0 amide bonds. The van der Waals surface area contributed by atoms with E-state index in [1.54, 1.807) is 7.11 Å². The molecule has 0 aliphatic heterocycles. The van der Waals surface area contributed by atoms with E-state index in [1.807, 2.05) is 0 Å². The lowest BCUT2D eigenvalue weighted by atomic mass is 9.97. The molecule has 1 aliphatic rings. The van der Waals surface area contributed by atoms with Crippen LogP contribution in [-0.2, 0) is 14.6 Å². The monoisotopic (exact) mass is 272 g/mol. The van der Waals surface area contributed by atoms with Gasteiger partial charge < -0.3 is 4.74 Å². The molecule has 1 aliphatic carbocycles. The Bertz CT molecular complexity index is 495. The van der Waals surface area contributed by atoms with Gasteiger partial charge in [0.2, 0.25) is 0 Å². The summed E-state index contributed by atoms with van der Waals surface area (Å²) >= 11 is 0. The minimum Gasteiger partial charge on any atom is -0.381 e. The Hall–Kier alpha value is -0.940. The zero-order valence-electron chi connectivity index (χ0n) is 10.3. The molecule has 0 radical (unpaired) electrons. The van der Waals surface area contributed by atoms with Crippen LogP contribution in [0.15, 0.2) is 29.2 Å². The molecule has 18 heavy (non-hydrogen) atoms. The van der Waals surface area contributed by atoms with E-state index in [9.17, 15) is 12.8 Å². The Labute approximate surface area is 107 Å². The molecular weight excluding hydrogens is 255 g/mol. The highest BCUT2D eigenvalue weighted by atomic mass is 32.2. The maximum Gasteiger partial charge on any atom is 0.181 e. The number of hydrogen-bond donors (Lipinski definition) is 0. The molecule has 3 nitrogen and oxygen atoms in total. The molecule has 2 unspecified atom stereocenters. The van der Waals surface area contributed by atoms with Crippen LogP contribution in [0.4, 0.5) is 4.39 Å². The van der Waals surface area contributed by atoms with Crippen LogP contribution in [0.25, 0.3) is 0 Å². The zero-order chi connectivity index (χ0) is 13.2. The molecule has 1 saturated carbocycles. The minimum absolute atomic E-state index is 0.0129. The highest BCUT2D eigenvalue weighted by Crippen LogP contribution is 2.30. The smallest absolute Gasteiger partial charge is 0.181 e. The van der Waals surface area contributed by atoms with E-state index in [-0.39, 0.29) is 11.0 Å². The Kier molecular flexibility index (Phi) is 4.02. The Morgan fingerprint density at radius 3 is 2.50 bits per heavy atom. The van der Waals surface area contributed by atoms with E-state index in [4.69, 9.17) is 4.74 Å². The van der Waals surface area contributed by atoms with Crippen molar-refractivity contribution in [3.63, 3.8) is 0 Å². The third kappa shape index (κ3) is 2.72. The van der Waals surface area contributed by atoms with E-state index in [0.29, 0.717) is 12.8 Å². The van der Waals surface area contributed by atoms with Crippen molar-refractivity contribution in [1.82, 2.24) is 0 Å². The van der Waals surface area contributed by atoms with E-state index in [2.05, 4.69) is 0 Å². The summed E-state index contributed by atoms with van der Waals surface area (Å²) < 4.78 is 42.8. The van der Waals surface area contributed by atoms with Gasteiger partial charge in [-0.15, -0.1) is 0 Å². The normalized spacial score (nSPS) is 25.0. The van der Waals surface area contributed by atoms with Crippen molar-refractivity contribution < 1.29 is 17.5 Å². The lowest BCUT2D eigenvalue weighted by molar-refractivity contribution is 0.0720. The molecule has 0 spiro atoms. The molecule has 1 fully saturated rings. The molecule has 0 bridgehead atoms. The highest BCUT2D eigenvalue weighted by molar-refractivity contribution is 7.92. The van der Waals surface area contributed by atoms with Gasteiger partial charge in [-0.1, -0.05) is 0 Å². The molecule has 0 aromatic heterocycles. The summed E-state index contributed by atoms with van der Waals surface area (Å²) in [4.78, 5) is 0.200. The maximum absolute atomic E-state index is 12.8. The second-order valence-corrected chi connectivity index (χ2v) is 6.87. The van der Waals surface area contributed by atoms with Gasteiger partial charge in [0, 0.05) is 7.11 Å². The molecule has 2 atom stereocenters. The fourth-order valence-corrected chi connectivity index (χ4v) is 4.26. The van der Waals surface area contributed by atoms with Crippen molar-refractivity contribution in [2.45, 2.75) is 41.9 Å². The first-order valence-corrected chi connectivity index (χ1v) is 7.61. The fraction of sp³-hybridized carbons (Fsp3) is 0.538. The van der Waals surface area contributed by atoms with Crippen LogP contribution in [-0.4, -0.2) is 26.9 Å². The summed E-state index contributed by atoms with van der Waals surface area (Å²) in [6.45, 7) is 0. The van der Waals surface area contributed by atoms with Gasteiger partial charge in [0.15, 0.2) is 9.84 Å². The van der Waals surface area contributed by atoms with E-state index >= 15 is 0 Å². The molecule has 1 aromatic rings. The van der Waals surface area contributed by atoms with E-state index < -0.39 is 20.9 Å². The first-order valence-electron chi connectivity index (χ1n) is 6.06. The predicted molar refractivity (Wildman–Crippen MR) is 66.6 cm³/mol. The van der Waals surface area contributed by atoms with Crippen molar-refractivity contribution in [3.8, 4) is 0 Å². The summed E-state index contributed by atoms with van der Waals surface area (Å²) in [6.07, 6.45) is 2.95. The number of rotatable bonds is 3. The number of halogens is 1. The van der Waals surface area contributed by atoms with Crippen molar-refractivity contribution in [2.75, 3.05) is 7.11 Å². The highest BCUT2D eigenvalue weighted by Gasteiger charge is 2.32. The molecule has 100 valence electrons. The van der Waals surface area contributed by atoms with E-state index in [1.165, 1.54) is 24.3 Å². The SMILES string of the molecule is COC1CCCC(S(=O)(=O)c2ccc(F)cc2)C1. The van der Waals surface area contributed by atoms with Gasteiger partial charge >= 0.3 is 0 Å². The third-order valence-corrected chi connectivity index (χ3v) is 5.73. The lowest BCUT2D eigenvalue weighted by Crippen LogP contribution is -2.31. The number of ether oxygens (including phenoxy) is 1. The van der Waals surface area contributed by atoms with Crippen molar-refractivity contribution in [1.29, 1.82) is 0 Å². The van der Waals surface area contributed by atoms with Crippen molar-refractivity contribution >= 4 is 9.84 Å². The Balaban J connectivity index is 2.22. The quantitative estimate of drug-likeness (QED) is 0.794.